The molecule has 5 heteroatoms. The molecule has 0 bridgehead atoms. The van der Waals surface area contributed by atoms with E-state index in [-0.39, 0.29) is 22.6 Å². The second-order valence-corrected chi connectivity index (χ2v) is 6.79. The molecular weight excluding hydrogens is 274 g/mol. The maximum atomic E-state index is 13.3. The van der Waals surface area contributed by atoms with E-state index in [1.165, 1.54) is 0 Å². The Balaban J connectivity index is 2.11. The van der Waals surface area contributed by atoms with Crippen molar-refractivity contribution < 1.29 is 13.6 Å². The molecule has 0 atom stereocenters. The molecule has 0 aromatic heterocycles. The van der Waals surface area contributed by atoms with Gasteiger partial charge in [0.1, 0.15) is 0 Å². The van der Waals surface area contributed by atoms with E-state index in [1.807, 2.05) is 0 Å². The number of halogens is 2. The van der Waals surface area contributed by atoms with E-state index in [4.69, 9.17) is 5.73 Å². The molecule has 1 fully saturated rings. The van der Waals surface area contributed by atoms with Gasteiger partial charge in [-0.2, -0.15) is 0 Å². The third-order valence-corrected chi connectivity index (χ3v) is 4.33. The van der Waals surface area contributed by atoms with Crippen molar-refractivity contribution in [1.82, 2.24) is 4.90 Å². The fraction of sp³-hybridized carbons (Fsp3) is 0.562. The quantitative estimate of drug-likeness (QED) is 0.807. The average Bonchev–Trinajstić information content (AvgIpc) is 2.41. The van der Waals surface area contributed by atoms with Crippen molar-refractivity contribution in [2.24, 2.45) is 11.3 Å². The first-order valence-corrected chi connectivity index (χ1v) is 7.24. The van der Waals surface area contributed by atoms with Crippen LogP contribution in [0.4, 0.5) is 14.5 Å². The smallest absolute Gasteiger partial charge is 0.256 e. The highest BCUT2D eigenvalue weighted by molar-refractivity contribution is 5.99. The number of rotatable bonds is 1. The Morgan fingerprint density at radius 2 is 1.71 bits per heavy atom. The van der Waals surface area contributed by atoms with Gasteiger partial charge in [0.05, 0.1) is 5.56 Å². The molecule has 0 aliphatic carbocycles. The highest BCUT2D eigenvalue weighted by atomic mass is 19.2. The van der Waals surface area contributed by atoms with Gasteiger partial charge in [-0.25, -0.2) is 8.78 Å². The van der Waals surface area contributed by atoms with Crippen LogP contribution in [0.3, 0.4) is 0 Å². The predicted octanol–water partition coefficient (Wildman–Crippen LogP) is 3.45. The van der Waals surface area contributed by atoms with Crippen LogP contribution in [0.2, 0.25) is 0 Å². The molecule has 0 unspecified atom stereocenters. The average molecular weight is 296 g/mol. The number of piperidine rings is 1. The Morgan fingerprint density at radius 3 is 2.24 bits per heavy atom. The molecule has 1 saturated heterocycles. The van der Waals surface area contributed by atoms with Crippen LogP contribution < -0.4 is 5.73 Å². The molecule has 0 radical (unpaired) electrons. The number of amides is 1. The summed E-state index contributed by atoms with van der Waals surface area (Å²) in [5, 5.41) is 0. The summed E-state index contributed by atoms with van der Waals surface area (Å²) in [6.45, 7) is 7.84. The van der Waals surface area contributed by atoms with Crippen LogP contribution in [0.1, 0.15) is 44.0 Å². The Bertz CT molecular complexity index is 544. The molecule has 1 aliphatic rings. The Kier molecular flexibility index (Phi) is 4.21. The predicted molar refractivity (Wildman–Crippen MR) is 78.9 cm³/mol. The lowest BCUT2D eigenvalue weighted by molar-refractivity contribution is 0.0609. The normalized spacial score (nSPS) is 17.1. The van der Waals surface area contributed by atoms with E-state index in [0.29, 0.717) is 19.0 Å². The zero-order valence-corrected chi connectivity index (χ0v) is 12.7. The second-order valence-electron chi connectivity index (χ2n) is 6.79. The number of nitrogens with two attached hydrogens (primary N) is 1. The minimum atomic E-state index is -1.04. The number of hydrogen-bond acceptors (Lipinski definition) is 2. The molecule has 116 valence electrons. The number of anilines is 1. The first kappa shape index (κ1) is 15.7. The molecule has 21 heavy (non-hydrogen) atoms. The molecule has 0 saturated carbocycles. The van der Waals surface area contributed by atoms with Crippen LogP contribution in [0.15, 0.2) is 12.1 Å². The molecule has 1 amide bonds. The lowest BCUT2D eigenvalue weighted by Crippen LogP contribution is -2.41. The Labute approximate surface area is 124 Å². The number of benzene rings is 1. The fourth-order valence-electron chi connectivity index (χ4n) is 2.87. The Hall–Kier alpha value is -1.65. The van der Waals surface area contributed by atoms with Crippen molar-refractivity contribution in [3.63, 3.8) is 0 Å². The van der Waals surface area contributed by atoms with Gasteiger partial charge in [0.15, 0.2) is 11.6 Å². The number of carbonyl (C=O) groups is 1. The van der Waals surface area contributed by atoms with Gasteiger partial charge in [0, 0.05) is 24.8 Å². The zero-order chi connectivity index (χ0) is 15.8. The summed E-state index contributed by atoms with van der Waals surface area (Å²) in [6, 6.07) is 1.76. The summed E-state index contributed by atoms with van der Waals surface area (Å²) in [4.78, 5) is 14.1. The first-order chi connectivity index (χ1) is 9.70. The molecule has 1 aromatic rings. The number of hydrogen-bond donors (Lipinski definition) is 1. The van der Waals surface area contributed by atoms with Crippen molar-refractivity contribution in [2.45, 2.75) is 33.6 Å². The van der Waals surface area contributed by atoms with Crippen LogP contribution in [0.5, 0.6) is 0 Å². The van der Waals surface area contributed by atoms with Crippen molar-refractivity contribution in [1.29, 1.82) is 0 Å². The fourth-order valence-corrected chi connectivity index (χ4v) is 2.87. The van der Waals surface area contributed by atoms with Gasteiger partial charge < -0.3 is 10.6 Å². The summed E-state index contributed by atoms with van der Waals surface area (Å²) < 4.78 is 26.4. The van der Waals surface area contributed by atoms with E-state index in [0.717, 1.165) is 25.0 Å². The SMILES string of the molecule is CC(C)(C)C1CCN(C(=O)c2cc(F)c(F)cc2N)CC1. The summed E-state index contributed by atoms with van der Waals surface area (Å²) in [5.74, 6) is -1.84. The van der Waals surface area contributed by atoms with Gasteiger partial charge in [-0.15, -0.1) is 0 Å². The maximum Gasteiger partial charge on any atom is 0.256 e. The van der Waals surface area contributed by atoms with Crippen molar-refractivity contribution in [3.8, 4) is 0 Å². The third kappa shape index (κ3) is 3.34. The number of nitrogen functional groups attached to an aromatic ring is 1. The molecular formula is C16H22F2N2O. The molecule has 2 N–H and O–H groups in total. The summed E-state index contributed by atoms with van der Waals surface area (Å²) in [7, 11) is 0. The largest absolute Gasteiger partial charge is 0.398 e. The standard InChI is InChI=1S/C16H22F2N2O/c1-16(2,3)10-4-6-20(7-5-10)15(21)11-8-12(17)13(18)9-14(11)19/h8-10H,4-7,19H2,1-3H3. The van der Waals surface area contributed by atoms with Gasteiger partial charge in [0.2, 0.25) is 0 Å². The molecule has 1 aliphatic heterocycles. The van der Waals surface area contributed by atoms with Crippen molar-refractivity contribution in [2.75, 3.05) is 18.8 Å². The number of likely N-dealkylation sites (tertiary alicyclic amines) is 1. The lowest BCUT2D eigenvalue weighted by atomic mass is 9.75. The zero-order valence-electron chi connectivity index (χ0n) is 12.7. The van der Waals surface area contributed by atoms with Crippen LogP contribution in [0.25, 0.3) is 0 Å². The molecule has 1 aromatic carbocycles. The molecule has 2 rings (SSSR count). The minimum absolute atomic E-state index is 0.0168. The van der Waals surface area contributed by atoms with Crippen LogP contribution in [0, 0.1) is 23.0 Å². The van der Waals surface area contributed by atoms with Crippen LogP contribution in [-0.2, 0) is 0 Å². The summed E-state index contributed by atoms with van der Waals surface area (Å²) in [6.07, 6.45) is 1.83. The van der Waals surface area contributed by atoms with E-state index >= 15 is 0 Å². The number of nitrogens with zero attached hydrogens (tertiary/aromatic N) is 1. The van der Waals surface area contributed by atoms with Gasteiger partial charge >= 0.3 is 0 Å². The second kappa shape index (κ2) is 5.62. The van der Waals surface area contributed by atoms with Gasteiger partial charge in [-0.1, -0.05) is 20.8 Å². The lowest BCUT2D eigenvalue weighted by Gasteiger charge is -2.38. The van der Waals surface area contributed by atoms with E-state index in [2.05, 4.69) is 20.8 Å². The van der Waals surface area contributed by atoms with Gasteiger partial charge in [0.25, 0.3) is 5.91 Å². The van der Waals surface area contributed by atoms with E-state index in [1.54, 1.807) is 4.90 Å². The highest BCUT2D eigenvalue weighted by Crippen LogP contribution is 2.34. The minimum Gasteiger partial charge on any atom is -0.398 e. The van der Waals surface area contributed by atoms with Gasteiger partial charge in [-0.05, 0) is 30.2 Å². The first-order valence-electron chi connectivity index (χ1n) is 7.24. The molecule has 1 heterocycles. The monoisotopic (exact) mass is 296 g/mol. The summed E-state index contributed by atoms with van der Waals surface area (Å²) >= 11 is 0. The molecule has 3 nitrogen and oxygen atoms in total. The molecule has 0 spiro atoms. The maximum absolute atomic E-state index is 13.3. The van der Waals surface area contributed by atoms with E-state index < -0.39 is 11.6 Å². The van der Waals surface area contributed by atoms with Crippen LogP contribution >= 0.6 is 0 Å². The Morgan fingerprint density at radius 1 is 1.19 bits per heavy atom. The number of carbonyl (C=O) groups excluding carboxylic acids is 1. The van der Waals surface area contributed by atoms with Crippen molar-refractivity contribution >= 4 is 11.6 Å². The van der Waals surface area contributed by atoms with Crippen molar-refractivity contribution in [3.05, 3.63) is 29.3 Å². The summed E-state index contributed by atoms with van der Waals surface area (Å²) in [5.41, 5.74) is 5.89. The van der Waals surface area contributed by atoms with Crippen LogP contribution in [-0.4, -0.2) is 23.9 Å². The topological polar surface area (TPSA) is 46.3 Å². The van der Waals surface area contributed by atoms with Gasteiger partial charge in [-0.3, -0.25) is 4.79 Å². The van der Waals surface area contributed by atoms with E-state index in [9.17, 15) is 13.6 Å². The highest BCUT2D eigenvalue weighted by Gasteiger charge is 2.31. The third-order valence-electron chi connectivity index (χ3n) is 4.33.